The van der Waals surface area contributed by atoms with E-state index in [0.29, 0.717) is 34.4 Å². The second-order valence-electron chi connectivity index (χ2n) is 8.97. The van der Waals surface area contributed by atoms with Crippen LogP contribution in [0.15, 0.2) is 95.9 Å². The molecule has 4 rings (SSSR count). The summed E-state index contributed by atoms with van der Waals surface area (Å²) in [6, 6.07) is 24.2. The third-order valence-corrected chi connectivity index (χ3v) is 8.45. The summed E-state index contributed by atoms with van der Waals surface area (Å²) in [5, 5.41) is 0.665. The van der Waals surface area contributed by atoms with E-state index in [2.05, 4.69) is 10.9 Å². The average molecular weight is 594 g/mol. The number of sulfonamides is 1. The number of nitrogens with zero attached hydrogens (tertiary/aromatic N) is 1. The van der Waals surface area contributed by atoms with E-state index in [4.69, 9.17) is 21.1 Å². The van der Waals surface area contributed by atoms with Gasteiger partial charge in [0.05, 0.1) is 17.7 Å². The third-order valence-electron chi connectivity index (χ3n) is 6.24. The largest absolute Gasteiger partial charge is 0.495 e. The molecule has 0 fully saturated rings. The van der Waals surface area contributed by atoms with Crippen LogP contribution >= 0.6 is 11.6 Å². The molecule has 41 heavy (non-hydrogen) atoms. The Balaban J connectivity index is 1.32. The summed E-state index contributed by atoms with van der Waals surface area (Å²) in [4.78, 5) is 25.1. The minimum atomic E-state index is -3.92. The van der Waals surface area contributed by atoms with E-state index in [1.807, 2.05) is 13.0 Å². The predicted octanol–water partition coefficient (Wildman–Crippen LogP) is 5.14. The van der Waals surface area contributed by atoms with E-state index in [1.165, 1.54) is 38.4 Å². The van der Waals surface area contributed by atoms with Crippen molar-refractivity contribution in [1.82, 2.24) is 10.9 Å². The second kappa shape index (κ2) is 12.8. The van der Waals surface area contributed by atoms with Gasteiger partial charge in [-0.2, -0.15) is 0 Å². The quantitative estimate of drug-likeness (QED) is 0.260. The van der Waals surface area contributed by atoms with Crippen molar-refractivity contribution in [2.24, 2.45) is 0 Å². The number of rotatable bonds is 9. The number of ether oxygens (including phenoxy) is 2. The number of halogens is 1. The molecule has 4 aromatic rings. The smallest absolute Gasteiger partial charge is 0.269 e. The first-order valence-electron chi connectivity index (χ1n) is 12.4. The van der Waals surface area contributed by atoms with Gasteiger partial charge >= 0.3 is 0 Å². The Labute approximate surface area is 243 Å². The summed E-state index contributed by atoms with van der Waals surface area (Å²) in [6.07, 6.45) is 0. The average Bonchev–Trinajstić information content (AvgIpc) is 3.00. The Hall–Kier alpha value is -4.54. The van der Waals surface area contributed by atoms with Gasteiger partial charge in [-0.15, -0.1) is 0 Å². The van der Waals surface area contributed by atoms with Gasteiger partial charge in [-0.3, -0.25) is 24.7 Å². The molecule has 9 nitrogen and oxygen atoms in total. The lowest BCUT2D eigenvalue weighted by molar-refractivity contribution is 0.0846. The first-order valence-corrected chi connectivity index (χ1v) is 14.2. The van der Waals surface area contributed by atoms with E-state index in [0.717, 1.165) is 15.4 Å². The van der Waals surface area contributed by atoms with Crippen molar-refractivity contribution in [3.05, 3.63) is 118 Å². The first-order chi connectivity index (χ1) is 19.6. The van der Waals surface area contributed by atoms with Gasteiger partial charge in [0.1, 0.15) is 18.1 Å². The minimum Gasteiger partial charge on any atom is -0.495 e. The fourth-order valence-corrected chi connectivity index (χ4v) is 5.16. The molecular formula is C30H28ClN3O6S. The van der Waals surface area contributed by atoms with Gasteiger partial charge < -0.3 is 9.47 Å². The van der Waals surface area contributed by atoms with Crippen molar-refractivity contribution >= 4 is 39.1 Å². The highest BCUT2D eigenvalue weighted by atomic mass is 35.5. The number of hydrazine groups is 1. The van der Waals surface area contributed by atoms with Crippen LogP contribution in [0.3, 0.4) is 0 Å². The lowest BCUT2D eigenvalue weighted by atomic mass is 10.1. The molecule has 0 unspecified atom stereocenters. The Morgan fingerprint density at radius 1 is 0.854 bits per heavy atom. The summed E-state index contributed by atoms with van der Waals surface area (Å²) in [6.45, 7) is 2.20. The van der Waals surface area contributed by atoms with E-state index in [1.54, 1.807) is 60.7 Å². The number of methoxy groups -OCH3 is 1. The minimum absolute atomic E-state index is 0.0123. The number of amides is 2. The third kappa shape index (κ3) is 6.97. The molecule has 11 heteroatoms. The number of hydrogen-bond acceptors (Lipinski definition) is 6. The molecule has 0 aliphatic carbocycles. The van der Waals surface area contributed by atoms with Crippen LogP contribution in [0.25, 0.3) is 0 Å². The van der Waals surface area contributed by atoms with Crippen molar-refractivity contribution in [2.45, 2.75) is 18.4 Å². The lowest BCUT2D eigenvalue weighted by Crippen LogP contribution is -2.41. The molecule has 0 aliphatic heterocycles. The van der Waals surface area contributed by atoms with Crippen molar-refractivity contribution in [3.8, 4) is 11.5 Å². The van der Waals surface area contributed by atoms with E-state index in [9.17, 15) is 18.0 Å². The van der Waals surface area contributed by atoms with Crippen LogP contribution in [-0.2, 0) is 16.6 Å². The van der Waals surface area contributed by atoms with Crippen LogP contribution in [0.2, 0.25) is 5.02 Å². The van der Waals surface area contributed by atoms with Crippen molar-refractivity contribution in [1.29, 1.82) is 0 Å². The predicted molar refractivity (Wildman–Crippen MR) is 157 cm³/mol. The SMILES string of the molecule is COc1ccccc1N(C)S(=O)(=O)c1ccc(C(=O)NNC(=O)c2ccc(COc3ccc(Cl)c(C)c3)cc2)cc1. The molecule has 0 heterocycles. The molecule has 2 N–H and O–H groups in total. The van der Waals surface area contributed by atoms with Gasteiger partial charge in [-0.1, -0.05) is 35.9 Å². The first kappa shape index (κ1) is 29.4. The molecule has 212 valence electrons. The number of nitrogens with one attached hydrogen (secondary N) is 2. The van der Waals surface area contributed by atoms with Gasteiger partial charge in [-0.05, 0) is 84.8 Å². The molecule has 0 saturated heterocycles. The molecule has 4 aromatic carbocycles. The Morgan fingerprint density at radius 3 is 2.02 bits per heavy atom. The van der Waals surface area contributed by atoms with Crippen LogP contribution in [-0.4, -0.2) is 34.4 Å². The van der Waals surface area contributed by atoms with E-state index < -0.39 is 21.8 Å². The van der Waals surface area contributed by atoms with Gasteiger partial charge in [0.15, 0.2) is 0 Å². The number of benzene rings is 4. The number of aryl methyl sites for hydroxylation is 1. The molecule has 0 aliphatic rings. The maximum atomic E-state index is 13.1. The molecule has 2 amide bonds. The van der Waals surface area contributed by atoms with Crippen LogP contribution in [0.4, 0.5) is 5.69 Å². The fraction of sp³-hybridized carbons (Fsp3) is 0.133. The maximum Gasteiger partial charge on any atom is 0.269 e. The Morgan fingerprint density at radius 2 is 1.44 bits per heavy atom. The van der Waals surface area contributed by atoms with Crippen molar-refractivity contribution in [2.75, 3.05) is 18.5 Å². The summed E-state index contributed by atoms with van der Waals surface area (Å²) in [7, 11) is -1.04. The number of carbonyl (C=O) groups is 2. The second-order valence-corrected chi connectivity index (χ2v) is 11.4. The van der Waals surface area contributed by atoms with Gasteiger partial charge in [-0.25, -0.2) is 8.42 Å². The Kier molecular flexibility index (Phi) is 9.16. The highest BCUT2D eigenvalue weighted by Gasteiger charge is 2.24. The van der Waals surface area contributed by atoms with Crippen LogP contribution in [0.5, 0.6) is 11.5 Å². The number of para-hydroxylation sites is 2. The highest BCUT2D eigenvalue weighted by molar-refractivity contribution is 7.92. The molecule has 0 spiro atoms. The van der Waals surface area contributed by atoms with Crippen molar-refractivity contribution in [3.63, 3.8) is 0 Å². The zero-order valence-electron chi connectivity index (χ0n) is 22.6. The highest BCUT2D eigenvalue weighted by Crippen LogP contribution is 2.31. The standard InChI is InChI=1S/C30H28ClN3O6S/c1-20-18-24(14-17-26(20)31)40-19-21-8-10-22(11-9-21)29(35)32-33-30(36)23-12-15-25(16-13-23)41(37,38)34(2)27-6-4-5-7-28(27)39-3/h4-18H,19H2,1-3H3,(H,32,35)(H,33,36). The Bertz CT molecular complexity index is 1660. The molecule has 0 saturated carbocycles. The van der Waals surface area contributed by atoms with Gasteiger partial charge in [0, 0.05) is 23.2 Å². The summed E-state index contributed by atoms with van der Waals surface area (Å²) < 4.78 is 38.4. The zero-order chi connectivity index (χ0) is 29.6. The topological polar surface area (TPSA) is 114 Å². The molecule has 0 radical (unpaired) electrons. The normalized spacial score (nSPS) is 10.9. The van der Waals surface area contributed by atoms with Gasteiger partial charge in [0.25, 0.3) is 21.8 Å². The molecule has 0 aromatic heterocycles. The maximum absolute atomic E-state index is 13.1. The fourth-order valence-electron chi connectivity index (χ4n) is 3.84. The number of anilines is 1. The summed E-state index contributed by atoms with van der Waals surface area (Å²) in [5.74, 6) is -0.0350. The number of carbonyl (C=O) groups excluding carboxylic acids is 2. The summed E-state index contributed by atoms with van der Waals surface area (Å²) in [5.41, 5.74) is 7.33. The number of hydrogen-bond donors (Lipinski definition) is 2. The van der Waals surface area contributed by atoms with E-state index in [-0.39, 0.29) is 10.5 Å². The van der Waals surface area contributed by atoms with E-state index >= 15 is 0 Å². The zero-order valence-corrected chi connectivity index (χ0v) is 24.1. The van der Waals surface area contributed by atoms with Gasteiger partial charge in [0.2, 0.25) is 0 Å². The van der Waals surface area contributed by atoms with Crippen LogP contribution in [0, 0.1) is 6.92 Å². The van der Waals surface area contributed by atoms with Crippen LogP contribution < -0.4 is 24.6 Å². The molecule has 0 bridgehead atoms. The molecular weight excluding hydrogens is 566 g/mol. The molecule has 0 atom stereocenters. The summed E-state index contributed by atoms with van der Waals surface area (Å²) >= 11 is 6.04. The van der Waals surface area contributed by atoms with Crippen LogP contribution in [0.1, 0.15) is 31.8 Å². The monoisotopic (exact) mass is 593 g/mol. The van der Waals surface area contributed by atoms with Crippen molar-refractivity contribution < 1.29 is 27.5 Å². The lowest BCUT2D eigenvalue weighted by Gasteiger charge is -2.21.